The van der Waals surface area contributed by atoms with Crippen LogP contribution in [-0.4, -0.2) is 10.2 Å². The van der Waals surface area contributed by atoms with Crippen LogP contribution in [0.15, 0.2) is 36.4 Å². The monoisotopic (exact) mass is 202 g/mol. The maximum Gasteiger partial charge on any atom is 0.122 e. The van der Waals surface area contributed by atoms with Gasteiger partial charge in [-0.3, -0.25) is 0 Å². The first-order valence-corrected chi connectivity index (χ1v) is 5.12. The zero-order valence-corrected chi connectivity index (χ0v) is 8.64. The normalized spacial score (nSPS) is 12.9. The Labute approximate surface area is 88.8 Å². The fraction of sp³-hybridized carbons (Fsp3) is 0.231. The van der Waals surface area contributed by atoms with Crippen molar-refractivity contribution in [1.29, 1.82) is 0 Å². The lowest BCUT2D eigenvalue weighted by Crippen LogP contribution is -1.96. The molecule has 1 atom stereocenters. The molecule has 0 spiro atoms. The summed E-state index contributed by atoms with van der Waals surface area (Å²) in [5.41, 5.74) is 0.635. The van der Waals surface area contributed by atoms with Gasteiger partial charge in [-0.1, -0.05) is 37.3 Å². The van der Waals surface area contributed by atoms with Crippen LogP contribution in [0.1, 0.15) is 25.0 Å². The summed E-state index contributed by atoms with van der Waals surface area (Å²) >= 11 is 0. The first-order chi connectivity index (χ1) is 7.24. The van der Waals surface area contributed by atoms with Gasteiger partial charge in [-0.2, -0.15) is 0 Å². The summed E-state index contributed by atoms with van der Waals surface area (Å²) in [4.78, 5) is 0. The van der Waals surface area contributed by atoms with Crippen LogP contribution in [0.3, 0.4) is 0 Å². The van der Waals surface area contributed by atoms with Crippen LogP contribution in [0.25, 0.3) is 10.8 Å². The number of aliphatic hydroxyl groups excluding tert-OH is 1. The lowest BCUT2D eigenvalue weighted by Gasteiger charge is -2.13. The molecule has 0 saturated heterocycles. The topological polar surface area (TPSA) is 40.5 Å². The number of benzene rings is 2. The zero-order valence-electron chi connectivity index (χ0n) is 8.64. The quantitative estimate of drug-likeness (QED) is 0.786. The van der Waals surface area contributed by atoms with Gasteiger partial charge in [0.2, 0.25) is 0 Å². The third-order valence-electron chi connectivity index (χ3n) is 2.67. The highest BCUT2D eigenvalue weighted by Crippen LogP contribution is 2.33. The van der Waals surface area contributed by atoms with Gasteiger partial charge in [-0.05, 0) is 23.3 Å². The van der Waals surface area contributed by atoms with Crippen molar-refractivity contribution in [1.82, 2.24) is 0 Å². The van der Waals surface area contributed by atoms with Crippen molar-refractivity contribution in [2.45, 2.75) is 19.4 Å². The summed E-state index contributed by atoms with van der Waals surface area (Å²) in [6, 6.07) is 11.2. The predicted octanol–water partition coefficient (Wildman–Crippen LogP) is 2.99. The molecule has 0 bridgehead atoms. The predicted molar refractivity (Wildman–Crippen MR) is 60.9 cm³/mol. The van der Waals surface area contributed by atoms with E-state index in [2.05, 4.69) is 0 Å². The summed E-state index contributed by atoms with van der Waals surface area (Å²) in [6.07, 6.45) is -0.00206. The van der Waals surface area contributed by atoms with E-state index in [1.165, 1.54) is 0 Å². The lowest BCUT2D eigenvalue weighted by molar-refractivity contribution is 0.171. The van der Waals surface area contributed by atoms with Gasteiger partial charge in [0.15, 0.2) is 0 Å². The molecule has 15 heavy (non-hydrogen) atoms. The van der Waals surface area contributed by atoms with E-state index in [-0.39, 0.29) is 5.75 Å². The molecule has 1 unspecified atom stereocenters. The number of fused-ring (bicyclic) bond motifs is 1. The number of rotatable bonds is 2. The molecule has 0 fully saturated rings. The molecule has 2 N–H and O–H groups in total. The van der Waals surface area contributed by atoms with Gasteiger partial charge in [0.25, 0.3) is 0 Å². The van der Waals surface area contributed by atoms with Crippen LogP contribution in [0.5, 0.6) is 5.75 Å². The maximum absolute atomic E-state index is 9.85. The molecule has 0 aliphatic carbocycles. The van der Waals surface area contributed by atoms with Gasteiger partial charge in [0.1, 0.15) is 5.75 Å². The minimum absolute atomic E-state index is 0.169. The molecule has 0 heterocycles. The maximum atomic E-state index is 9.85. The van der Waals surface area contributed by atoms with Crippen LogP contribution < -0.4 is 0 Å². The van der Waals surface area contributed by atoms with Crippen molar-refractivity contribution >= 4 is 10.8 Å². The van der Waals surface area contributed by atoms with Gasteiger partial charge in [0.05, 0.1) is 6.10 Å². The fourth-order valence-electron chi connectivity index (χ4n) is 1.84. The van der Waals surface area contributed by atoms with Crippen molar-refractivity contribution in [3.8, 4) is 5.75 Å². The highest BCUT2D eigenvalue weighted by atomic mass is 16.3. The van der Waals surface area contributed by atoms with Crippen molar-refractivity contribution in [2.75, 3.05) is 0 Å². The van der Waals surface area contributed by atoms with E-state index in [1.807, 2.05) is 37.3 Å². The van der Waals surface area contributed by atoms with Crippen LogP contribution >= 0.6 is 0 Å². The summed E-state index contributed by atoms with van der Waals surface area (Å²) in [5, 5.41) is 21.6. The largest absolute Gasteiger partial charge is 0.508 e. The molecule has 78 valence electrons. The van der Waals surface area contributed by atoms with Crippen LogP contribution in [0, 0.1) is 0 Å². The molecular weight excluding hydrogens is 188 g/mol. The van der Waals surface area contributed by atoms with Gasteiger partial charge in [-0.25, -0.2) is 0 Å². The summed E-state index contributed by atoms with van der Waals surface area (Å²) in [5.74, 6) is 0.169. The van der Waals surface area contributed by atoms with E-state index in [4.69, 9.17) is 0 Å². The number of hydrogen-bond acceptors (Lipinski definition) is 2. The molecule has 0 aliphatic rings. The molecule has 2 rings (SSSR count). The smallest absolute Gasteiger partial charge is 0.122 e. The number of aromatic hydroxyl groups is 1. The second-order valence-corrected chi connectivity index (χ2v) is 3.64. The van der Waals surface area contributed by atoms with Gasteiger partial charge in [-0.15, -0.1) is 0 Å². The van der Waals surface area contributed by atoms with Gasteiger partial charge in [0, 0.05) is 5.56 Å². The SMILES string of the molecule is CCC(O)c1c(O)ccc2ccccc12. The van der Waals surface area contributed by atoms with E-state index < -0.39 is 6.10 Å². The Morgan fingerprint density at radius 1 is 1.13 bits per heavy atom. The fourth-order valence-corrected chi connectivity index (χ4v) is 1.84. The number of hydrogen-bond donors (Lipinski definition) is 2. The second kappa shape index (κ2) is 3.91. The highest BCUT2D eigenvalue weighted by Gasteiger charge is 2.13. The van der Waals surface area contributed by atoms with E-state index in [0.29, 0.717) is 12.0 Å². The number of phenolic OH excluding ortho intramolecular Hbond substituents is 1. The van der Waals surface area contributed by atoms with Gasteiger partial charge >= 0.3 is 0 Å². The molecular formula is C13H14O2. The van der Waals surface area contributed by atoms with Gasteiger partial charge < -0.3 is 10.2 Å². The lowest BCUT2D eigenvalue weighted by atomic mass is 9.98. The third kappa shape index (κ3) is 1.68. The molecule has 0 saturated carbocycles. The standard InChI is InChI=1S/C13H14O2/c1-2-11(14)13-10-6-4-3-5-9(10)7-8-12(13)15/h3-8,11,14-15H,2H2,1H3. The second-order valence-electron chi connectivity index (χ2n) is 3.64. The Kier molecular flexibility index (Phi) is 2.60. The Balaban J connectivity index is 2.74. The van der Waals surface area contributed by atoms with Crippen molar-refractivity contribution in [2.24, 2.45) is 0 Å². The number of phenols is 1. The highest BCUT2D eigenvalue weighted by molar-refractivity contribution is 5.88. The van der Waals surface area contributed by atoms with Crippen LogP contribution in [-0.2, 0) is 0 Å². The average molecular weight is 202 g/mol. The first-order valence-electron chi connectivity index (χ1n) is 5.12. The summed E-state index contributed by atoms with van der Waals surface area (Å²) in [6.45, 7) is 1.89. The zero-order chi connectivity index (χ0) is 10.8. The summed E-state index contributed by atoms with van der Waals surface area (Å²) < 4.78 is 0. The van der Waals surface area contributed by atoms with E-state index in [0.717, 1.165) is 10.8 Å². The molecule has 0 radical (unpaired) electrons. The van der Waals surface area contributed by atoms with Crippen molar-refractivity contribution in [3.05, 3.63) is 42.0 Å². The molecule has 0 aliphatic heterocycles. The van der Waals surface area contributed by atoms with E-state index in [1.54, 1.807) is 6.07 Å². The Hall–Kier alpha value is -1.54. The number of aliphatic hydroxyl groups is 1. The molecule has 2 aromatic rings. The van der Waals surface area contributed by atoms with E-state index in [9.17, 15) is 10.2 Å². The minimum atomic E-state index is -0.601. The molecule has 0 amide bonds. The van der Waals surface area contributed by atoms with Crippen LogP contribution in [0.2, 0.25) is 0 Å². The van der Waals surface area contributed by atoms with E-state index >= 15 is 0 Å². The molecule has 2 aromatic carbocycles. The average Bonchev–Trinajstić information content (AvgIpc) is 2.28. The Bertz CT molecular complexity index is 477. The Morgan fingerprint density at radius 2 is 1.87 bits per heavy atom. The van der Waals surface area contributed by atoms with Crippen LogP contribution in [0.4, 0.5) is 0 Å². The van der Waals surface area contributed by atoms with Crippen molar-refractivity contribution in [3.63, 3.8) is 0 Å². The Morgan fingerprint density at radius 3 is 2.60 bits per heavy atom. The first kappa shape index (κ1) is 9.99. The van der Waals surface area contributed by atoms with Crippen molar-refractivity contribution < 1.29 is 10.2 Å². The third-order valence-corrected chi connectivity index (χ3v) is 2.67. The minimum Gasteiger partial charge on any atom is -0.508 e. The molecule has 2 heteroatoms. The molecule has 0 aromatic heterocycles. The molecule has 2 nitrogen and oxygen atoms in total. The summed E-state index contributed by atoms with van der Waals surface area (Å²) in [7, 11) is 0.